The summed E-state index contributed by atoms with van der Waals surface area (Å²) in [5, 5.41) is 8.67. The van der Waals surface area contributed by atoms with Crippen molar-refractivity contribution in [1.29, 1.82) is 0 Å². The summed E-state index contributed by atoms with van der Waals surface area (Å²) in [5.41, 5.74) is 0.948. The first-order chi connectivity index (χ1) is 5.74. The van der Waals surface area contributed by atoms with E-state index in [4.69, 9.17) is 5.11 Å². The van der Waals surface area contributed by atoms with Gasteiger partial charge in [0.2, 0.25) is 0 Å². The van der Waals surface area contributed by atoms with Crippen LogP contribution in [-0.4, -0.2) is 11.7 Å². The molecule has 0 aliphatic heterocycles. The molecule has 1 N–H and O–H groups in total. The van der Waals surface area contributed by atoms with E-state index < -0.39 is 0 Å². The summed E-state index contributed by atoms with van der Waals surface area (Å²) in [4.78, 5) is 0. The first-order valence-electron chi connectivity index (χ1n) is 4.10. The maximum atomic E-state index is 12.7. The molecule has 1 aromatic rings. The van der Waals surface area contributed by atoms with Gasteiger partial charge in [0.05, 0.1) is 0 Å². The summed E-state index contributed by atoms with van der Waals surface area (Å²) in [6.07, 6.45) is 0.684. The zero-order valence-electron chi connectivity index (χ0n) is 7.13. The highest BCUT2D eigenvalue weighted by Gasteiger charge is 2.04. The van der Waals surface area contributed by atoms with Gasteiger partial charge in [0.25, 0.3) is 0 Å². The number of hydrogen-bond donors (Lipinski definition) is 1. The predicted molar refractivity (Wildman–Crippen MR) is 46.5 cm³/mol. The Balaban J connectivity index is 2.73. The van der Waals surface area contributed by atoms with Crippen LogP contribution >= 0.6 is 0 Å². The van der Waals surface area contributed by atoms with Gasteiger partial charge in [0, 0.05) is 6.61 Å². The smallest absolute Gasteiger partial charge is 0.123 e. The number of benzene rings is 1. The highest BCUT2D eigenvalue weighted by molar-refractivity contribution is 5.19. The molecule has 1 atom stereocenters. The molecule has 12 heavy (non-hydrogen) atoms. The van der Waals surface area contributed by atoms with Crippen molar-refractivity contribution in [3.8, 4) is 0 Å². The molecule has 0 saturated heterocycles. The van der Waals surface area contributed by atoms with Crippen molar-refractivity contribution < 1.29 is 9.50 Å². The third kappa shape index (κ3) is 2.31. The van der Waals surface area contributed by atoms with Crippen molar-refractivity contribution in [2.24, 2.45) is 0 Å². The Kier molecular flexibility index (Phi) is 3.23. The summed E-state index contributed by atoms with van der Waals surface area (Å²) < 4.78 is 12.7. The quantitative estimate of drug-likeness (QED) is 0.734. The average molecular weight is 168 g/mol. The summed E-state index contributed by atoms with van der Waals surface area (Å²) in [6.45, 7) is 2.13. The van der Waals surface area contributed by atoms with Crippen LogP contribution in [0.2, 0.25) is 0 Å². The second-order valence-electron chi connectivity index (χ2n) is 2.97. The Bertz CT molecular complexity index is 247. The van der Waals surface area contributed by atoms with Gasteiger partial charge in [-0.2, -0.15) is 0 Å². The van der Waals surface area contributed by atoms with E-state index in [1.807, 2.05) is 13.0 Å². The number of aliphatic hydroxyl groups excluding tert-OH is 1. The topological polar surface area (TPSA) is 20.2 Å². The molecule has 1 rings (SSSR count). The Hall–Kier alpha value is -0.890. The molecule has 0 radical (unpaired) electrons. The third-order valence-electron chi connectivity index (χ3n) is 1.98. The van der Waals surface area contributed by atoms with E-state index in [-0.39, 0.29) is 18.3 Å². The standard InChI is InChI=1S/C10H13FO/c1-8(5-6-12)9-3-2-4-10(11)7-9/h2-4,7-8,12H,5-6H2,1H3. The highest BCUT2D eigenvalue weighted by Crippen LogP contribution is 2.18. The molecule has 2 heteroatoms. The monoisotopic (exact) mass is 168 g/mol. The first kappa shape index (κ1) is 9.20. The van der Waals surface area contributed by atoms with Gasteiger partial charge in [-0.05, 0) is 30.0 Å². The minimum absolute atomic E-state index is 0.150. The van der Waals surface area contributed by atoms with Gasteiger partial charge >= 0.3 is 0 Å². The van der Waals surface area contributed by atoms with Gasteiger partial charge in [-0.25, -0.2) is 4.39 Å². The van der Waals surface area contributed by atoms with Gasteiger partial charge < -0.3 is 5.11 Å². The summed E-state index contributed by atoms with van der Waals surface area (Å²) >= 11 is 0. The van der Waals surface area contributed by atoms with Crippen molar-refractivity contribution in [2.45, 2.75) is 19.3 Å². The molecule has 66 valence electrons. The maximum absolute atomic E-state index is 12.7. The van der Waals surface area contributed by atoms with E-state index in [0.29, 0.717) is 6.42 Å². The molecule has 0 aromatic heterocycles. The molecule has 0 spiro atoms. The van der Waals surface area contributed by atoms with Crippen molar-refractivity contribution in [3.63, 3.8) is 0 Å². The van der Waals surface area contributed by atoms with Crippen LogP contribution in [0.1, 0.15) is 24.8 Å². The lowest BCUT2D eigenvalue weighted by molar-refractivity contribution is 0.278. The van der Waals surface area contributed by atoms with E-state index in [0.717, 1.165) is 5.56 Å². The van der Waals surface area contributed by atoms with Crippen LogP contribution in [0.15, 0.2) is 24.3 Å². The fourth-order valence-corrected chi connectivity index (χ4v) is 1.17. The Morgan fingerprint density at radius 2 is 2.25 bits per heavy atom. The number of aliphatic hydroxyl groups is 1. The van der Waals surface area contributed by atoms with Gasteiger partial charge in [0.1, 0.15) is 5.82 Å². The lowest BCUT2D eigenvalue weighted by Gasteiger charge is -2.09. The van der Waals surface area contributed by atoms with Gasteiger partial charge in [0.15, 0.2) is 0 Å². The second-order valence-corrected chi connectivity index (χ2v) is 2.97. The first-order valence-corrected chi connectivity index (χ1v) is 4.10. The van der Waals surface area contributed by atoms with Crippen molar-refractivity contribution in [3.05, 3.63) is 35.6 Å². The Morgan fingerprint density at radius 1 is 1.50 bits per heavy atom. The molecule has 1 nitrogen and oxygen atoms in total. The summed E-state index contributed by atoms with van der Waals surface area (Å²) in [6, 6.07) is 6.51. The lowest BCUT2D eigenvalue weighted by atomic mass is 9.98. The SMILES string of the molecule is CC(CCO)c1cccc(F)c1. The molecule has 0 heterocycles. The minimum Gasteiger partial charge on any atom is -0.396 e. The molecule has 0 amide bonds. The fourth-order valence-electron chi connectivity index (χ4n) is 1.17. The van der Waals surface area contributed by atoms with E-state index in [2.05, 4.69) is 0 Å². The molecule has 0 aliphatic rings. The number of halogens is 1. The fraction of sp³-hybridized carbons (Fsp3) is 0.400. The molecule has 0 saturated carbocycles. The predicted octanol–water partition coefficient (Wildman–Crippen LogP) is 2.31. The number of hydrogen-bond acceptors (Lipinski definition) is 1. The van der Waals surface area contributed by atoms with Crippen LogP contribution in [-0.2, 0) is 0 Å². The highest BCUT2D eigenvalue weighted by atomic mass is 19.1. The van der Waals surface area contributed by atoms with Gasteiger partial charge in [-0.15, -0.1) is 0 Å². The maximum Gasteiger partial charge on any atom is 0.123 e. The summed E-state index contributed by atoms with van der Waals surface area (Å²) in [5.74, 6) is 0.0167. The zero-order chi connectivity index (χ0) is 8.97. The van der Waals surface area contributed by atoms with Gasteiger partial charge in [-0.3, -0.25) is 0 Å². The van der Waals surface area contributed by atoms with E-state index in [1.54, 1.807) is 6.07 Å². The molecule has 1 unspecified atom stereocenters. The average Bonchev–Trinajstić information content (AvgIpc) is 2.05. The van der Waals surface area contributed by atoms with E-state index >= 15 is 0 Å². The molecule has 0 fully saturated rings. The molecule has 0 bridgehead atoms. The normalized spacial score (nSPS) is 12.9. The van der Waals surface area contributed by atoms with E-state index in [9.17, 15) is 4.39 Å². The van der Waals surface area contributed by atoms with Crippen molar-refractivity contribution in [1.82, 2.24) is 0 Å². The van der Waals surface area contributed by atoms with Crippen LogP contribution in [0.25, 0.3) is 0 Å². The third-order valence-corrected chi connectivity index (χ3v) is 1.98. The zero-order valence-corrected chi connectivity index (χ0v) is 7.13. The van der Waals surface area contributed by atoms with Crippen LogP contribution in [0.4, 0.5) is 4.39 Å². The lowest BCUT2D eigenvalue weighted by Crippen LogP contribution is -1.96. The molecular weight excluding hydrogens is 155 g/mol. The van der Waals surface area contributed by atoms with E-state index in [1.165, 1.54) is 12.1 Å². The molecule has 1 aromatic carbocycles. The van der Waals surface area contributed by atoms with Crippen molar-refractivity contribution in [2.75, 3.05) is 6.61 Å². The largest absolute Gasteiger partial charge is 0.396 e. The Morgan fingerprint density at radius 3 is 2.83 bits per heavy atom. The molecule has 0 aliphatic carbocycles. The van der Waals surface area contributed by atoms with Crippen LogP contribution in [0.5, 0.6) is 0 Å². The minimum atomic E-state index is -0.211. The summed E-state index contributed by atoms with van der Waals surface area (Å²) in [7, 11) is 0. The second kappa shape index (κ2) is 4.21. The molecular formula is C10H13FO. The van der Waals surface area contributed by atoms with Crippen LogP contribution in [0.3, 0.4) is 0 Å². The Labute approximate surface area is 71.9 Å². The van der Waals surface area contributed by atoms with Crippen LogP contribution in [0, 0.1) is 5.82 Å². The van der Waals surface area contributed by atoms with Crippen molar-refractivity contribution >= 4 is 0 Å². The number of rotatable bonds is 3. The van der Waals surface area contributed by atoms with Gasteiger partial charge in [-0.1, -0.05) is 19.1 Å². The van der Waals surface area contributed by atoms with Crippen LogP contribution < -0.4 is 0 Å².